The van der Waals surface area contributed by atoms with Gasteiger partial charge in [-0.15, -0.1) is 0 Å². The van der Waals surface area contributed by atoms with E-state index < -0.39 is 0 Å². The first-order valence-corrected chi connectivity index (χ1v) is 3.33. The van der Waals surface area contributed by atoms with Crippen LogP contribution in [0.25, 0.3) is 5.76 Å². The molecule has 0 amide bonds. The maximum absolute atomic E-state index is 5.66. The molecular weight excluding hydrogens is 138 g/mol. The maximum atomic E-state index is 5.66. The summed E-state index contributed by atoms with van der Waals surface area (Å²) in [7, 11) is 1.58. The summed E-state index contributed by atoms with van der Waals surface area (Å²) in [6.45, 7) is 3.70. The second kappa shape index (κ2) is 3.10. The molecule has 0 atom stereocenters. The second-order valence-corrected chi connectivity index (χ2v) is 2.21. The van der Waals surface area contributed by atoms with Gasteiger partial charge in [-0.05, 0) is 12.1 Å². The highest BCUT2D eigenvalue weighted by molar-refractivity contribution is 5.69. The Morgan fingerprint density at radius 1 is 1.45 bits per heavy atom. The lowest BCUT2D eigenvalue weighted by atomic mass is 10.1. The molecule has 58 valence electrons. The molecular formula is C9H11NO. The van der Waals surface area contributed by atoms with Crippen molar-refractivity contribution in [2.45, 2.75) is 0 Å². The van der Waals surface area contributed by atoms with Gasteiger partial charge in [0.1, 0.15) is 5.76 Å². The normalized spacial score (nSPS) is 9.18. The first-order valence-electron chi connectivity index (χ1n) is 3.33. The van der Waals surface area contributed by atoms with E-state index >= 15 is 0 Å². The Bertz CT molecular complexity index is 268. The monoisotopic (exact) mass is 149 g/mol. The zero-order chi connectivity index (χ0) is 8.27. The van der Waals surface area contributed by atoms with Crippen molar-refractivity contribution in [2.75, 3.05) is 12.8 Å². The Labute approximate surface area is 66.3 Å². The van der Waals surface area contributed by atoms with Crippen molar-refractivity contribution < 1.29 is 4.74 Å². The van der Waals surface area contributed by atoms with Crippen LogP contribution in [0.5, 0.6) is 0 Å². The molecule has 0 aromatic heterocycles. The number of anilines is 1. The highest BCUT2D eigenvalue weighted by atomic mass is 16.5. The first kappa shape index (κ1) is 7.66. The number of methoxy groups -OCH3 is 1. The molecule has 0 saturated heterocycles. The molecule has 0 unspecified atom stereocenters. The van der Waals surface area contributed by atoms with Gasteiger partial charge in [0.05, 0.1) is 7.11 Å². The van der Waals surface area contributed by atoms with Gasteiger partial charge in [-0.1, -0.05) is 18.7 Å². The van der Waals surface area contributed by atoms with E-state index in [1.807, 2.05) is 24.3 Å². The number of nitrogen functional groups attached to an aromatic ring is 1. The van der Waals surface area contributed by atoms with Crippen LogP contribution in [0.15, 0.2) is 30.8 Å². The molecule has 0 aliphatic heterocycles. The van der Waals surface area contributed by atoms with Crippen LogP contribution in [0.4, 0.5) is 5.69 Å². The molecule has 2 heteroatoms. The van der Waals surface area contributed by atoms with Crippen molar-refractivity contribution in [3.8, 4) is 0 Å². The number of hydrogen-bond donors (Lipinski definition) is 1. The fraction of sp³-hybridized carbons (Fsp3) is 0.111. The molecule has 0 radical (unpaired) electrons. The lowest BCUT2D eigenvalue weighted by molar-refractivity contribution is 0.371. The minimum Gasteiger partial charge on any atom is -0.497 e. The van der Waals surface area contributed by atoms with Crippen molar-refractivity contribution >= 4 is 11.4 Å². The van der Waals surface area contributed by atoms with Crippen molar-refractivity contribution in [3.05, 3.63) is 36.4 Å². The molecule has 1 aromatic carbocycles. The maximum Gasteiger partial charge on any atom is 0.120 e. The van der Waals surface area contributed by atoms with Crippen LogP contribution in [-0.4, -0.2) is 7.11 Å². The summed E-state index contributed by atoms with van der Waals surface area (Å²) in [5.74, 6) is 0.600. The molecule has 0 heterocycles. The van der Waals surface area contributed by atoms with E-state index in [1.165, 1.54) is 0 Å². The Kier molecular flexibility index (Phi) is 2.16. The van der Waals surface area contributed by atoms with Crippen molar-refractivity contribution in [3.63, 3.8) is 0 Å². The molecule has 0 aliphatic rings. The van der Waals surface area contributed by atoms with E-state index in [1.54, 1.807) is 7.11 Å². The van der Waals surface area contributed by atoms with Crippen LogP contribution >= 0.6 is 0 Å². The molecule has 1 aromatic rings. The summed E-state index contributed by atoms with van der Waals surface area (Å²) in [6, 6.07) is 7.47. The van der Waals surface area contributed by atoms with E-state index in [2.05, 4.69) is 6.58 Å². The van der Waals surface area contributed by atoms with E-state index in [0.29, 0.717) is 11.4 Å². The van der Waals surface area contributed by atoms with Crippen LogP contribution in [0.2, 0.25) is 0 Å². The van der Waals surface area contributed by atoms with E-state index in [4.69, 9.17) is 10.5 Å². The summed E-state index contributed by atoms with van der Waals surface area (Å²) in [5.41, 5.74) is 7.21. The van der Waals surface area contributed by atoms with Crippen LogP contribution in [0, 0.1) is 0 Å². The smallest absolute Gasteiger partial charge is 0.120 e. The minimum atomic E-state index is 0.600. The summed E-state index contributed by atoms with van der Waals surface area (Å²) in [6.07, 6.45) is 0. The average molecular weight is 149 g/mol. The Balaban J connectivity index is 3.03. The SMILES string of the molecule is C=C(OC)c1ccccc1N. The second-order valence-electron chi connectivity index (χ2n) is 2.21. The summed E-state index contributed by atoms with van der Waals surface area (Å²) in [5, 5.41) is 0. The largest absolute Gasteiger partial charge is 0.497 e. The quantitative estimate of drug-likeness (QED) is 0.514. The van der Waals surface area contributed by atoms with Gasteiger partial charge >= 0.3 is 0 Å². The summed E-state index contributed by atoms with van der Waals surface area (Å²) < 4.78 is 4.94. The Hall–Kier alpha value is -1.44. The number of hydrogen-bond acceptors (Lipinski definition) is 2. The lowest BCUT2D eigenvalue weighted by Gasteiger charge is -2.05. The lowest BCUT2D eigenvalue weighted by Crippen LogP contribution is -1.93. The van der Waals surface area contributed by atoms with Gasteiger partial charge in [-0.25, -0.2) is 0 Å². The Morgan fingerprint density at radius 3 is 2.64 bits per heavy atom. The van der Waals surface area contributed by atoms with Crippen LogP contribution < -0.4 is 5.73 Å². The van der Waals surface area contributed by atoms with E-state index in [0.717, 1.165) is 5.56 Å². The van der Waals surface area contributed by atoms with Gasteiger partial charge in [0.2, 0.25) is 0 Å². The number of nitrogens with two attached hydrogens (primary N) is 1. The summed E-state index contributed by atoms with van der Waals surface area (Å²) >= 11 is 0. The van der Waals surface area contributed by atoms with Crippen LogP contribution in [0.1, 0.15) is 5.56 Å². The van der Waals surface area contributed by atoms with Crippen molar-refractivity contribution in [1.82, 2.24) is 0 Å². The molecule has 0 aliphatic carbocycles. The molecule has 11 heavy (non-hydrogen) atoms. The number of benzene rings is 1. The van der Waals surface area contributed by atoms with E-state index in [-0.39, 0.29) is 0 Å². The highest BCUT2D eigenvalue weighted by Gasteiger charge is 2.00. The Morgan fingerprint density at radius 2 is 2.09 bits per heavy atom. The zero-order valence-corrected chi connectivity index (χ0v) is 6.50. The first-order chi connectivity index (χ1) is 5.25. The van der Waals surface area contributed by atoms with Gasteiger partial charge in [0, 0.05) is 11.3 Å². The predicted molar refractivity (Wildman–Crippen MR) is 46.9 cm³/mol. The third kappa shape index (κ3) is 1.52. The molecule has 0 fully saturated rings. The van der Waals surface area contributed by atoms with Crippen molar-refractivity contribution in [2.24, 2.45) is 0 Å². The standard InChI is InChI=1S/C9H11NO/c1-7(11-2)8-5-3-4-6-9(8)10/h3-6H,1,10H2,2H3. The zero-order valence-electron chi connectivity index (χ0n) is 6.50. The van der Waals surface area contributed by atoms with Crippen LogP contribution in [-0.2, 0) is 4.74 Å². The van der Waals surface area contributed by atoms with Crippen molar-refractivity contribution in [1.29, 1.82) is 0 Å². The molecule has 1 rings (SSSR count). The van der Waals surface area contributed by atoms with Gasteiger partial charge in [0.15, 0.2) is 0 Å². The average Bonchev–Trinajstić information content (AvgIpc) is 2.04. The summed E-state index contributed by atoms with van der Waals surface area (Å²) in [4.78, 5) is 0. The minimum absolute atomic E-state index is 0.600. The van der Waals surface area contributed by atoms with Gasteiger partial charge in [0.25, 0.3) is 0 Å². The fourth-order valence-electron chi connectivity index (χ4n) is 0.861. The molecule has 2 N–H and O–H groups in total. The van der Waals surface area contributed by atoms with E-state index in [9.17, 15) is 0 Å². The molecule has 2 nitrogen and oxygen atoms in total. The number of para-hydroxylation sites is 1. The molecule has 0 saturated carbocycles. The predicted octanol–water partition coefficient (Wildman–Crippen LogP) is 1.89. The number of rotatable bonds is 2. The third-order valence-corrected chi connectivity index (χ3v) is 1.51. The number of ether oxygens (including phenoxy) is 1. The topological polar surface area (TPSA) is 35.2 Å². The highest BCUT2D eigenvalue weighted by Crippen LogP contribution is 2.19. The third-order valence-electron chi connectivity index (χ3n) is 1.51. The van der Waals surface area contributed by atoms with Gasteiger partial charge < -0.3 is 10.5 Å². The fourth-order valence-corrected chi connectivity index (χ4v) is 0.861. The van der Waals surface area contributed by atoms with Gasteiger partial charge in [-0.2, -0.15) is 0 Å². The molecule has 0 bridgehead atoms. The van der Waals surface area contributed by atoms with Crippen LogP contribution in [0.3, 0.4) is 0 Å². The molecule has 0 spiro atoms. The van der Waals surface area contributed by atoms with Gasteiger partial charge in [-0.3, -0.25) is 0 Å².